The fraction of sp³-hybridized carbons (Fsp3) is 0.111. The Hall–Kier alpha value is -3.43. The number of terminal acetylenes is 1. The zero-order valence-electron chi connectivity index (χ0n) is 15.0. The highest BCUT2D eigenvalue weighted by Crippen LogP contribution is 2.33. The smallest absolute Gasteiger partial charge is 0.256 e. The molecule has 0 unspecified atom stereocenters. The minimum atomic E-state index is -4.67. The molecule has 158 valence electrons. The minimum Gasteiger partial charge on any atom is -0.256 e. The lowest BCUT2D eigenvalue weighted by Crippen LogP contribution is -2.24. The van der Waals surface area contributed by atoms with E-state index in [0.29, 0.717) is 23.6 Å². The summed E-state index contributed by atoms with van der Waals surface area (Å²) in [5.74, 6) is 1.15. The summed E-state index contributed by atoms with van der Waals surface area (Å²) in [6, 6.07) is 2.84. The summed E-state index contributed by atoms with van der Waals surface area (Å²) in [5.41, 5.74) is -1.95. The normalized spacial score (nSPS) is 11.7. The van der Waals surface area contributed by atoms with Crippen LogP contribution >= 0.6 is 22.9 Å². The van der Waals surface area contributed by atoms with Crippen LogP contribution in [0.5, 0.6) is 0 Å². The zero-order valence-corrected chi connectivity index (χ0v) is 16.6. The molecular weight excluding hydrogens is 462 g/mol. The van der Waals surface area contributed by atoms with Crippen LogP contribution in [0.1, 0.15) is 5.56 Å². The highest BCUT2D eigenvalue weighted by molar-refractivity contribution is 7.16. The maximum absolute atomic E-state index is 14.7. The monoisotopic (exact) mass is 469 g/mol. The molecule has 0 aliphatic heterocycles. The van der Waals surface area contributed by atoms with Gasteiger partial charge in [-0.05, 0) is 18.2 Å². The Morgan fingerprint density at radius 3 is 2.61 bits per heavy atom. The average Bonchev–Trinajstić information content (AvgIpc) is 3.20. The van der Waals surface area contributed by atoms with E-state index in [1.165, 1.54) is 6.07 Å². The lowest BCUT2D eigenvalue weighted by Gasteiger charge is -2.10. The fourth-order valence-electron chi connectivity index (χ4n) is 2.86. The number of benzene rings is 1. The second kappa shape index (κ2) is 7.36. The van der Waals surface area contributed by atoms with Crippen molar-refractivity contribution >= 4 is 33.2 Å². The molecule has 4 aromatic rings. The van der Waals surface area contributed by atoms with Crippen molar-refractivity contribution in [2.45, 2.75) is 12.7 Å². The first-order valence-corrected chi connectivity index (χ1v) is 9.47. The third kappa shape index (κ3) is 3.51. The molecule has 0 aliphatic carbocycles. The van der Waals surface area contributed by atoms with E-state index in [1.54, 1.807) is 0 Å². The Morgan fingerprint density at radius 2 is 1.97 bits per heavy atom. The molecule has 13 heteroatoms. The van der Waals surface area contributed by atoms with Crippen molar-refractivity contribution in [2.24, 2.45) is 0 Å². The first-order valence-electron chi connectivity index (χ1n) is 8.28. The SMILES string of the molecule is C#CCn1ncn(-c2cc3c(cc2F)sc(=O)n3-c2ncc(C(F)(F)F)cc2Cl)c1=O. The highest BCUT2D eigenvalue weighted by Gasteiger charge is 2.32. The van der Waals surface area contributed by atoms with Gasteiger partial charge in [0.25, 0.3) is 0 Å². The number of rotatable bonds is 3. The van der Waals surface area contributed by atoms with Gasteiger partial charge in [-0.2, -0.15) is 18.3 Å². The summed E-state index contributed by atoms with van der Waals surface area (Å²) < 4.78 is 56.3. The van der Waals surface area contributed by atoms with E-state index in [0.717, 1.165) is 26.2 Å². The second-order valence-corrected chi connectivity index (χ2v) is 7.55. The Morgan fingerprint density at radius 1 is 1.23 bits per heavy atom. The molecule has 0 spiro atoms. The molecule has 0 saturated carbocycles. The maximum atomic E-state index is 14.7. The zero-order chi connectivity index (χ0) is 22.5. The van der Waals surface area contributed by atoms with Gasteiger partial charge in [0.05, 0.1) is 26.5 Å². The number of fused-ring (bicyclic) bond motifs is 1. The van der Waals surface area contributed by atoms with Gasteiger partial charge in [0.1, 0.15) is 18.7 Å². The Balaban J connectivity index is 1.94. The molecule has 3 heterocycles. The molecule has 7 nitrogen and oxygen atoms in total. The van der Waals surface area contributed by atoms with Gasteiger partial charge < -0.3 is 0 Å². The topological polar surface area (TPSA) is 74.7 Å². The minimum absolute atomic E-state index is 0.0946. The van der Waals surface area contributed by atoms with Crippen molar-refractivity contribution in [2.75, 3.05) is 0 Å². The van der Waals surface area contributed by atoms with Crippen LogP contribution in [0.2, 0.25) is 5.02 Å². The summed E-state index contributed by atoms with van der Waals surface area (Å²) in [4.78, 5) is 27.9. The quantitative estimate of drug-likeness (QED) is 0.341. The molecule has 0 fully saturated rings. The third-order valence-corrected chi connectivity index (χ3v) is 5.43. The van der Waals surface area contributed by atoms with E-state index < -0.39 is 33.1 Å². The molecular formula is C18H8ClF4N5O2S. The number of thiazole rings is 1. The lowest BCUT2D eigenvalue weighted by atomic mass is 10.2. The van der Waals surface area contributed by atoms with E-state index in [1.807, 2.05) is 0 Å². The van der Waals surface area contributed by atoms with Gasteiger partial charge in [-0.1, -0.05) is 28.9 Å². The van der Waals surface area contributed by atoms with Crippen LogP contribution in [0.4, 0.5) is 17.6 Å². The summed E-state index contributed by atoms with van der Waals surface area (Å²) in [5, 5.41) is 3.36. The number of nitrogens with zero attached hydrogens (tertiary/aromatic N) is 5. The molecule has 0 aliphatic rings. The Bertz CT molecular complexity index is 1490. The van der Waals surface area contributed by atoms with Crippen molar-refractivity contribution in [1.82, 2.24) is 23.9 Å². The van der Waals surface area contributed by atoms with Crippen LogP contribution in [-0.4, -0.2) is 23.9 Å². The molecule has 0 atom stereocenters. The van der Waals surface area contributed by atoms with Gasteiger partial charge in [0.15, 0.2) is 5.82 Å². The summed E-state index contributed by atoms with van der Waals surface area (Å²) >= 11 is 6.61. The molecule has 0 radical (unpaired) electrons. The van der Waals surface area contributed by atoms with Crippen molar-refractivity contribution in [3.05, 3.63) is 67.3 Å². The molecule has 0 amide bonds. The second-order valence-electron chi connectivity index (χ2n) is 6.15. The standard InChI is InChI=1S/C18H8ClF4N5O2S/c1-2-3-27-16(29)26(8-25-27)12-6-13-14(5-11(12)20)31-17(30)28(13)15-10(19)4-9(7-24-15)18(21,22)23/h1,4-8H,3H2. The van der Waals surface area contributed by atoms with Gasteiger partial charge in [-0.15, -0.1) is 6.42 Å². The van der Waals surface area contributed by atoms with Crippen molar-refractivity contribution in [1.29, 1.82) is 0 Å². The van der Waals surface area contributed by atoms with Gasteiger partial charge in [-0.25, -0.2) is 28.0 Å². The first kappa shape index (κ1) is 20.8. The maximum Gasteiger partial charge on any atom is 0.417 e. The fourth-order valence-corrected chi connectivity index (χ4v) is 3.99. The van der Waals surface area contributed by atoms with Crippen molar-refractivity contribution < 1.29 is 17.6 Å². The molecule has 1 aromatic carbocycles. The third-order valence-electron chi connectivity index (χ3n) is 4.24. The average molecular weight is 470 g/mol. The lowest BCUT2D eigenvalue weighted by molar-refractivity contribution is -0.137. The Labute approximate surface area is 178 Å². The summed E-state index contributed by atoms with van der Waals surface area (Å²) in [6.07, 6.45) is 2.08. The van der Waals surface area contributed by atoms with Crippen LogP contribution in [0.3, 0.4) is 0 Å². The van der Waals surface area contributed by atoms with Crippen LogP contribution in [0, 0.1) is 18.2 Å². The Kier molecular flexibility index (Phi) is 4.95. The van der Waals surface area contributed by atoms with Gasteiger partial charge in [0.2, 0.25) is 0 Å². The van der Waals surface area contributed by atoms with Crippen LogP contribution in [0.25, 0.3) is 21.7 Å². The van der Waals surface area contributed by atoms with E-state index in [2.05, 4.69) is 16.0 Å². The number of hydrogen-bond donors (Lipinski definition) is 0. The number of aromatic nitrogens is 5. The summed E-state index contributed by atoms with van der Waals surface area (Å²) in [6.45, 7) is -0.135. The number of halogens is 5. The largest absolute Gasteiger partial charge is 0.417 e. The number of pyridine rings is 1. The van der Waals surface area contributed by atoms with Gasteiger partial charge in [-0.3, -0.25) is 4.79 Å². The predicted molar refractivity (Wildman–Crippen MR) is 105 cm³/mol. The van der Waals surface area contributed by atoms with Crippen LogP contribution in [0.15, 0.2) is 40.3 Å². The first-order chi connectivity index (χ1) is 14.6. The number of hydrogen-bond acceptors (Lipinski definition) is 5. The summed E-state index contributed by atoms with van der Waals surface area (Å²) in [7, 11) is 0. The van der Waals surface area contributed by atoms with E-state index >= 15 is 0 Å². The van der Waals surface area contributed by atoms with Gasteiger partial charge >= 0.3 is 16.7 Å². The molecule has 0 saturated heterocycles. The van der Waals surface area contributed by atoms with Crippen molar-refractivity contribution in [3.63, 3.8) is 0 Å². The van der Waals surface area contributed by atoms with E-state index in [-0.39, 0.29) is 28.3 Å². The predicted octanol–water partition coefficient (Wildman–Crippen LogP) is 3.24. The molecule has 3 aromatic heterocycles. The number of alkyl halides is 3. The van der Waals surface area contributed by atoms with Crippen molar-refractivity contribution in [3.8, 4) is 23.8 Å². The molecule has 4 rings (SSSR count). The van der Waals surface area contributed by atoms with Crippen LogP contribution < -0.4 is 10.6 Å². The van der Waals surface area contributed by atoms with E-state index in [4.69, 9.17) is 18.0 Å². The van der Waals surface area contributed by atoms with Gasteiger partial charge in [0, 0.05) is 6.20 Å². The molecule has 0 N–H and O–H groups in total. The highest BCUT2D eigenvalue weighted by atomic mass is 35.5. The van der Waals surface area contributed by atoms with Crippen LogP contribution in [-0.2, 0) is 12.7 Å². The molecule has 31 heavy (non-hydrogen) atoms. The van der Waals surface area contributed by atoms with E-state index in [9.17, 15) is 27.2 Å². The molecule has 0 bridgehead atoms.